The number of halogens is 1. The molecule has 9 heteroatoms. The van der Waals surface area contributed by atoms with Crippen LogP contribution in [0.15, 0.2) is 18.2 Å². The van der Waals surface area contributed by atoms with Gasteiger partial charge in [0.25, 0.3) is 5.69 Å². The lowest BCUT2D eigenvalue weighted by Gasteiger charge is -2.22. The maximum atomic E-state index is 11.0. The molecule has 0 amide bonds. The second-order valence-corrected chi connectivity index (χ2v) is 3.91. The molecule has 0 bridgehead atoms. The quantitative estimate of drug-likeness (QED) is 0.415. The molecule has 1 aromatic rings. The van der Waals surface area contributed by atoms with Crippen molar-refractivity contribution in [3.05, 3.63) is 28.3 Å². The van der Waals surface area contributed by atoms with E-state index in [9.17, 15) is 10.1 Å². The molecule has 0 aliphatic carbocycles. The Kier molecular flexibility index (Phi) is 10.2. The normalized spacial score (nSPS) is 9.57. The highest BCUT2D eigenvalue weighted by atomic mass is 35.5. The van der Waals surface area contributed by atoms with Gasteiger partial charge < -0.3 is 20.4 Å². The van der Waals surface area contributed by atoms with Crippen LogP contribution in [0, 0.1) is 10.1 Å². The Labute approximate surface area is 127 Å². The minimum absolute atomic E-state index is 0.00779. The number of nitrogens with zero attached hydrogens (tertiary/aromatic N) is 2. The van der Waals surface area contributed by atoms with Crippen LogP contribution in [0.1, 0.15) is 6.92 Å². The molecule has 0 saturated carbocycles. The zero-order chi connectivity index (χ0) is 16.3. The number of anilines is 2. The first-order valence-corrected chi connectivity index (χ1v) is 6.63. The predicted molar refractivity (Wildman–Crippen MR) is 81.7 cm³/mol. The monoisotopic (exact) mass is 321 g/mol. The lowest BCUT2D eigenvalue weighted by molar-refractivity contribution is -0.383. The number of benzene rings is 1. The third-order valence-electron chi connectivity index (χ3n) is 2.72. The van der Waals surface area contributed by atoms with Gasteiger partial charge in [-0.3, -0.25) is 14.8 Å². The molecule has 1 rings (SSSR count). The maximum absolute atomic E-state index is 11.0. The van der Waals surface area contributed by atoms with Crippen molar-refractivity contribution in [1.29, 1.82) is 0 Å². The van der Waals surface area contributed by atoms with E-state index in [2.05, 4.69) is 17.2 Å². The first kappa shape index (κ1) is 19.4. The highest BCUT2D eigenvalue weighted by molar-refractivity contribution is 6.04. The van der Waals surface area contributed by atoms with Crippen molar-refractivity contribution >= 4 is 28.9 Å². The first-order chi connectivity index (χ1) is 10.1. The maximum Gasteiger partial charge on any atom is 0.294 e. The summed E-state index contributed by atoms with van der Waals surface area (Å²) in [5.41, 5.74) is 1.03. The third kappa shape index (κ3) is 6.13. The Morgan fingerprint density at radius 1 is 1.33 bits per heavy atom. The minimum Gasteiger partial charge on any atom is -0.395 e. The Bertz CT molecular complexity index is 433. The van der Waals surface area contributed by atoms with Crippen molar-refractivity contribution in [1.82, 2.24) is 0 Å². The second-order valence-electron chi connectivity index (χ2n) is 3.91. The number of nitrogens with one attached hydrogen (secondary N) is 1. The number of hydrogen-bond acceptors (Lipinski definition) is 7. The van der Waals surface area contributed by atoms with Gasteiger partial charge in [0.05, 0.1) is 30.0 Å². The van der Waals surface area contributed by atoms with Crippen LogP contribution >= 0.6 is 11.9 Å². The van der Waals surface area contributed by atoms with Gasteiger partial charge in [-0.15, -0.1) is 0 Å². The lowest BCUT2D eigenvalue weighted by Crippen LogP contribution is -2.26. The van der Waals surface area contributed by atoms with Crippen molar-refractivity contribution in [2.24, 2.45) is 0 Å². The molecule has 1 aromatic carbocycles. The zero-order valence-corrected chi connectivity index (χ0v) is 12.5. The summed E-state index contributed by atoms with van der Waals surface area (Å²) in [6.45, 7) is 3.16. The van der Waals surface area contributed by atoms with Crippen LogP contribution in [0.2, 0.25) is 0 Å². The molecule has 4 N–H and O–H groups in total. The first-order valence-electron chi connectivity index (χ1n) is 6.29. The summed E-state index contributed by atoms with van der Waals surface area (Å²) < 4.78 is 6.47. The number of hydrogen-bond donors (Lipinski definition) is 4. The van der Waals surface area contributed by atoms with E-state index in [4.69, 9.17) is 14.9 Å². The van der Waals surface area contributed by atoms with Crippen molar-refractivity contribution in [3.63, 3.8) is 0 Å². The zero-order valence-electron chi connectivity index (χ0n) is 11.7. The number of nitro groups is 1. The van der Waals surface area contributed by atoms with Gasteiger partial charge in [-0.25, -0.2) is 0 Å². The van der Waals surface area contributed by atoms with Crippen molar-refractivity contribution in [2.45, 2.75) is 6.92 Å². The van der Waals surface area contributed by atoms with E-state index in [1.54, 1.807) is 12.1 Å². The van der Waals surface area contributed by atoms with Gasteiger partial charge in [0.2, 0.25) is 0 Å². The van der Waals surface area contributed by atoms with Crippen molar-refractivity contribution in [2.75, 3.05) is 43.1 Å². The van der Waals surface area contributed by atoms with E-state index in [0.29, 0.717) is 24.5 Å². The number of aliphatic hydroxyl groups excluding tert-OH is 2. The van der Waals surface area contributed by atoms with Crippen LogP contribution in [0.25, 0.3) is 0 Å². The summed E-state index contributed by atoms with van der Waals surface area (Å²) in [7, 11) is 0. The smallest absolute Gasteiger partial charge is 0.294 e. The van der Waals surface area contributed by atoms with Crippen LogP contribution in [0.5, 0.6) is 0 Å². The molecular formula is C12H20ClN3O5. The Morgan fingerprint density at radius 2 is 2.00 bits per heavy atom. The van der Waals surface area contributed by atoms with Crippen molar-refractivity contribution in [3.8, 4) is 0 Å². The summed E-state index contributed by atoms with van der Waals surface area (Å²) in [5, 5.41) is 31.5. The SMILES string of the molecule is CCN(CCO)c1ccc(NCCO)c([N+](=O)[O-])c1.OCl. The Morgan fingerprint density at radius 3 is 2.48 bits per heavy atom. The third-order valence-corrected chi connectivity index (χ3v) is 2.72. The molecule has 0 spiro atoms. The van der Waals surface area contributed by atoms with Crippen molar-refractivity contribution < 1.29 is 19.8 Å². The van der Waals surface area contributed by atoms with E-state index >= 15 is 0 Å². The summed E-state index contributed by atoms with van der Waals surface area (Å²) in [6, 6.07) is 4.84. The fourth-order valence-corrected chi connectivity index (χ4v) is 1.80. The van der Waals surface area contributed by atoms with Gasteiger partial charge in [-0.2, -0.15) is 0 Å². The molecule has 0 aliphatic rings. The summed E-state index contributed by atoms with van der Waals surface area (Å²) in [5.74, 6) is 0. The Hall–Kier alpha value is -1.61. The highest BCUT2D eigenvalue weighted by Crippen LogP contribution is 2.29. The van der Waals surface area contributed by atoms with Gasteiger partial charge >= 0.3 is 0 Å². The molecule has 0 unspecified atom stereocenters. The molecule has 0 saturated heterocycles. The second kappa shape index (κ2) is 11.1. The fourth-order valence-electron chi connectivity index (χ4n) is 1.80. The molecule has 0 aliphatic heterocycles. The molecular weight excluding hydrogens is 302 g/mol. The van der Waals surface area contributed by atoms with E-state index in [1.165, 1.54) is 6.07 Å². The molecule has 120 valence electrons. The van der Waals surface area contributed by atoms with Gasteiger partial charge in [-0.05, 0) is 19.1 Å². The van der Waals surface area contributed by atoms with E-state index < -0.39 is 4.92 Å². The average Bonchev–Trinajstić information content (AvgIpc) is 2.52. The molecule has 21 heavy (non-hydrogen) atoms. The topological polar surface area (TPSA) is 119 Å². The van der Waals surface area contributed by atoms with Gasteiger partial charge in [0.1, 0.15) is 5.69 Å². The van der Waals surface area contributed by atoms with E-state index in [0.717, 1.165) is 0 Å². The molecule has 0 fully saturated rings. The minimum atomic E-state index is -0.462. The number of rotatable bonds is 8. The molecule has 0 aromatic heterocycles. The number of aliphatic hydroxyl groups is 2. The standard InChI is InChI=1S/C12H19N3O4.ClHO/c1-2-14(6-8-17)10-3-4-11(13-5-7-16)12(9-10)15(18)19;1-2/h3-4,9,13,16-17H,2,5-8H2,1H3;2H. The summed E-state index contributed by atoms with van der Waals surface area (Å²) in [4.78, 5) is 12.4. The molecule has 0 atom stereocenters. The van der Waals surface area contributed by atoms with E-state index in [1.807, 2.05) is 11.8 Å². The molecule has 0 radical (unpaired) electrons. The van der Waals surface area contributed by atoms with Gasteiger partial charge in [0.15, 0.2) is 0 Å². The van der Waals surface area contributed by atoms with Crippen LogP contribution in [0.3, 0.4) is 0 Å². The number of nitro benzene ring substituents is 1. The van der Waals surface area contributed by atoms with Crippen LogP contribution in [-0.2, 0) is 0 Å². The van der Waals surface area contributed by atoms with Gasteiger partial charge in [0, 0.05) is 31.4 Å². The Balaban J connectivity index is 0.00000191. The number of likely N-dealkylation sites (N-methyl/N-ethyl adjacent to an activating group) is 1. The largest absolute Gasteiger partial charge is 0.395 e. The van der Waals surface area contributed by atoms with Crippen LogP contribution in [0.4, 0.5) is 17.1 Å². The average molecular weight is 322 g/mol. The van der Waals surface area contributed by atoms with Crippen LogP contribution < -0.4 is 10.2 Å². The van der Waals surface area contributed by atoms with Gasteiger partial charge in [-0.1, -0.05) is 0 Å². The lowest BCUT2D eigenvalue weighted by atomic mass is 10.2. The summed E-state index contributed by atoms with van der Waals surface area (Å²) >= 11 is 3.64. The predicted octanol–water partition coefficient (Wildman–Crippen LogP) is 0.950. The molecule has 0 heterocycles. The molecule has 8 nitrogen and oxygen atoms in total. The highest BCUT2D eigenvalue weighted by Gasteiger charge is 2.16. The van der Waals surface area contributed by atoms with Crippen LogP contribution in [-0.4, -0.2) is 52.6 Å². The van der Waals surface area contributed by atoms with E-state index in [-0.39, 0.29) is 25.4 Å². The summed E-state index contributed by atoms with van der Waals surface area (Å²) in [6.07, 6.45) is 0. The fraction of sp³-hybridized carbons (Fsp3) is 0.500.